The number of esters is 1. The van der Waals surface area contributed by atoms with Gasteiger partial charge in [0.05, 0.1) is 18.7 Å². The van der Waals surface area contributed by atoms with E-state index in [9.17, 15) is 18.0 Å². The van der Waals surface area contributed by atoms with Gasteiger partial charge in [-0.25, -0.2) is 18.2 Å². The zero-order valence-corrected chi connectivity index (χ0v) is 9.60. The fourth-order valence-corrected chi connectivity index (χ4v) is 1.34. The minimum Gasteiger partial charge on any atom is -0.466 e. The molecule has 0 atom stereocenters. The van der Waals surface area contributed by atoms with Crippen molar-refractivity contribution in [2.75, 3.05) is 6.61 Å². The summed E-state index contributed by atoms with van der Waals surface area (Å²) < 4.78 is 42.7. The van der Waals surface area contributed by atoms with Gasteiger partial charge in [-0.05, 0) is 13.0 Å². The smallest absolute Gasteiger partial charge is 0.311 e. The lowest BCUT2D eigenvalue weighted by molar-refractivity contribution is -0.142. The van der Waals surface area contributed by atoms with E-state index in [1.807, 2.05) is 0 Å². The van der Waals surface area contributed by atoms with Crippen molar-refractivity contribution in [2.45, 2.75) is 19.8 Å². The third-order valence-corrected chi connectivity index (χ3v) is 2.20. The molecule has 1 aromatic rings. The Morgan fingerprint density at radius 3 is 2.76 bits per heavy atom. The van der Waals surface area contributed by atoms with E-state index in [-0.39, 0.29) is 18.7 Å². The van der Waals surface area contributed by atoms with E-state index in [4.69, 9.17) is 11.6 Å². The fraction of sp³-hybridized carbons (Fsp3) is 0.400. The Balaban J connectivity index is 2.98. The first-order valence-corrected chi connectivity index (χ1v) is 5.12. The summed E-state index contributed by atoms with van der Waals surface area (Å²) in [7, 11) is 0. The molecule has 0 radical (unpaired) electrons. The first kappa shape index (κ1) is 13.8. The molecule has 1 aromatic heterocycles. The number of rotatable bonds is 4. The van der Waals surface area contributed by atoms with Gasteiger partial charge in [0.15, 0.2) is 0 Å². The molecule has 0 saturated heterocycles. The second-order valence-corrected chi connectivity index (χ2v) is 3.46. The van der Waals surface area contributed by atoms with Gasteiger partial charge in [0.25, 0.3) is 6.43 Å². The van der Waals surface area contributed by atoms with E-state index in [2.05, 4.69) is 9.72 Å². The van der Waals surface area contributed by atoms with Gasteiger partial charge in [-0.1, -0.05) is 11.6 Å². The highest BCUT2D eigenvalue weighted by Gasteiger charge is 2.20. The third kappa shape index (κ3) is 3.59. The summed E-state index contributed by atoms with van der Waals surface area (Å²) in [5.41, 5.74) is -1.01. The van der Waals surface area contributed by atoms with E-state index >= 15 is 0 Å². The zero-order valence-electron chi connectivity index (χ0n) is 8.84. The van der Waals surface area contributed by atoms with Crippen LogP contribution in [0.1, 0.15) is 24.7 Å². The summed E-state index contributed by atoms with van der Waals surface area (Å²) in [6.45, 7) is 1.75. The number of alkyl halides is 2. The Hall–Kier alpha value is -1.30. The van der Waals surface area contributed by atoms with Crippen LogP contribution in [0.2, 0.25) is 5.02 Å². The predicted molar refractivity (Wildman–Crippen MR) is 54.5 cm³/mol. The first-order valence-electron chi connectivity index (χ1n) is 4.74. The van der Waals surface area contributed by atoms with Crippen LogP contribution in [-0.2, 0) is 16.0 Å². The molecule has 0 bridgehead atoms. The van der Waals surface area contributed by atoms with Gasteiger partial charge in [-0.15, -0.1) is 0 Å². The van der Waals surface area contributed by atoms with Crippen molar-refractivity contribution >= 4 is 17.6 Å². The molecule has 0 saturated carbocycles. The summed E-state index contributed by atoms with van der Waals surface area (Å²) >= 11 is 5.32. The highest BCUT2D eigenvalue weighted by Crippen LogP contribution is 2.27. The number of carbonyl (C=O) groups excluding carboxylic acids is 1. The summed E-state index contributed by atoms with van der Waals surface area (Å²) in [5, 5.41) is -0.729. The molecule has 3 nitrogen and oxygen atoms in total. The molecule has 0 amide bonds. The molecular formula is C10H9ClF3NO2. The Kier molecular flexibility index (Phi) is 4.74. The van der Waals surface area contributed by atoms with Crippen LogP contribution in [0.5, 0.6) is 0 Å². The van der Waals surface area contributed by atoms with Crippen LogP contribution >= 0.6 is 11.6 Å². The number of nitrogens with zero attached hydrogens (tertiary/aromatic N) is 1. The highest BCUT2D eigenvalue weighted by atomic mass is 35.5. The molecule has 0 unspecified atom stereocenters. The minimum atomic E-state index is -3.00. The molecule has 1 rings (SSSR count). The molecule has 1 heterocycles. The molecule has 7 heteroatoms. The van der Waals surface area contributed by atoms with Crippen molar-refractivity contribution in [1.82, 2.24) is 4.98 Å². The zero-order chi connectivity index (χ0) is 13.0. The van der Waals surface area contributed by atoms with Gasteiger partial charge in [0.1, 0.15) is 16.5 Å². The monoisotopic (exact) mass is 267 g/mol. The van der Waals surface area contributed by atoms with E-state index in [1.54, 1.807) is 6.92 Å². The van der Waals surface area contributed by atoms with Crippen LogP contribution in [-0.4, -0.2) is 17.6 Å². The van der Waals surface area contributed by atoms with E-state index < -0.39 is 28.9 Å². The van der Waals surface area contributed by atoms with Crippen molar-refractivity contribution in [2.24, 2.45) is 0 Å². The number of aromatic nitrogens is 1. The number of hydrogen-bond donors (Lipinski definition) is 0. The molecule has 0 aliphatic heterocycles. The number of hydrogen-bond acceptors (Lipinski definition) is 3. The third-order valence-electron chi connectivity index (χ3n) is 1.83. The molecule has 0 aliphatic carbocycles. The minimum absolute atomic E-state index is 0.138. The van der Waals surface area contributed by atoms with Crippen molar-refractivity contribution < 1.29 is 22.7 Å². The van der Waals surface area contributed by atoms with Crippen LogP contribution in [0.4, 0.5) is 13.2 Å². The average molecular weight is 268 g/mol. The topological polar surface area (TPSA) is 39.2 Å². The maximum Gasteiger partial charge on any atom is 0.311 e. The predicted octanol–water partition coefficient (Wildman–Crippen LogP) is 2.92. The number of halogens is 4. The molecule has 0 fully saturated rings. The Morgan fingerprint density at radius 1 is 1.59 bits per heavy atom. The Morgan fingerprint density at radius 2 is 2.24 bits per heavy atom. The number of pyridine rings is 1. The van der Waals surface area contributed by atoms with Crippen molar-refractivity contribution in [1.29, 1.82) is 0 Å². The van der Waals surface area contributed by atoms with Crippen LogP contribution in [0.3, 0.4) is 0 Å². The summed E-state index contributed by atoms with van der Waals surface area (Å²) in [5.74, 6) is -1.70. The molecule has 0 N–H and O–H groups in total. The summed E-state index contributed by atoms with van der Waals surface area (Å²) in [4.78, 5) is 14.5. The van der Waals surface area contributed by atoms with Gasteiger partial charge in [0, 0.05) is 0 Å². The first-order chi connectivity index (χ1) is 7.95. The van der Waals surface area contributed by atoms with Crippen LogP contribution in [0, 0.1) is 5.82 Å². The average Bonchev–Trinajstić information content (AvgIpc) is 2.23. The molecule has 94 valence electrons. The van der Waals surface area contributed by atoms with Gasteiger partial charge in [-0.3, -0.25) is 4.79 Å². The van der Waals surface area contributed by atoms with Gasteiger partial charge in [-0.2, -0.15) is 0 Å². The summed E-state index contributed by atoms with van der Waals surface area (Å²) in [6.07, 6.45) is -3.37. The second kappa shape index (κ2) is 5.86. The highest BCUT2D eigenvalue weighted by molar-refractivity contribution is 6.31. The van der Waals surface area contributed by atoms with Gasteiger partial charge in [0.2, 0.25) is 0 Å². The van der Waals surface area contributed by atoms with E-state index in [0.717, 1.165) is 6.07 Å². The summed E-state index contributed by atoms with van der Waals surface area (Å²) in [6, 6.07) is 0.838. The Bertz CT molecular complexity index is 426. The van der Waals surface area contributed by atoms with E-state index in [0.29, 0.717) is 0 Å². The standard InChI is InChI=1S/C10H9ClF3NO2/c1-2-17-7(16)4-5-3-6(12)8(11)9(15-5)10(13)14/h3,10H,2,4H2,1H3. The molecule has 17 heavy (non-hydrogen) atoms. The van der Waals surface area contributed by atoms with Crippen molar-refractivity contribution in [3.63, 3.8) is 0 Å². The quantitative estimate of drug-likeness (QED) is 0.788. The lowest BCUT2D eigenvalue weighted by Gasteiger charge is -2.07. The normalized spacial score (nSPS) is 10.7. The van der Waals surface area contributed by atoms with E-state index in [1.165, 1.54) is 0 Å². The molecule has 0 aliphatic rings. The van der Waals surface area contributed by atoms with Crippen LogP contribution < -0.4 is 0 Å². The largest absolute Gasteiger partial charge is 0.466 e. The van der Waals surface area contributed by atoms with Gasteiger partial charge < -0.3 is 4.74 Å². The van der Waals surface area contributed by atoms with Crippen molar-refractivity contribution in [3.8, 4) is 0 Å². The number of carbonyl (C=O) groups is 1. The molecular weight excluding hydrogens is 259 g/mol. The Labute approximate surface area is 101 Å². The molecule has 0 spiro atoms. The lowest BCUT2D eigenvalue weighted by Crippen LogP contribution is -2.10. The van der Waals surface area contributed by atoms with Crippen molar-refractivity contribution in [3.05, 3.63) is 28.3 Å². The second-order valence-electron chi connectivity index (χ2n) is 3.08. The van der Waals surface area contributed by atoms with Crippen LogP contribution in [0.25, 0.3) is 0 Å². The van der Waals surface area contributed by atoms with Gasteiger partial charge >= 0.3 is 5.97 Å². The lowest BCUT2D eigenvalue weighted by atomic mass is 10.2. The maximum absolute atomic E-state index is 13.2. The van der Waals surface area contributed by atoms with Crippen LogP contribution in [0.15, 0.2) is 6.07 Å². The maximum atomic E-state index is 13.2. The fourth-order valence-electron chi connectivity index (χ4n) is 1.16. The molecule has 0 aromatic carbocycles. The SMILES string of the molecule is CCOC(=O)Cc1cc(F)c(Cl)c(C(F)F)n1. The number of ether oxygens (including phenoxy) is 1.